The number of carboxylic acids is 1. The smallest absolute Gasteiger partial charge is 0.338 e. The number of aryl methyl sites for hydroxylation is 1. The molecule has 0 spiro atoms. The molecule has 128 valence electrons. The number of hydrogen-bond acceptors (Lipinski definition) is 5. The largest absolute Gasteiger partial charge is 0.478 e. The molecule has 0 aromatic carbocycles. The number of carbonyl (C=O) groups excluding carboxylic acids is 1. The molecule has 1 aliphatic heterocycles. The highest BCUT2D eigenvalue weighted by molar-refractivity contribution is 7.09. The molecule has 1 N–H and O–H groups in total. The van der Waals surface area contributed by atoms with Crippen LogP contribution in [-0.2, 0) is 17.6 Å². The highest BCUT2D eigenvalue weighted by Crippen LogP contribution is 2.23. The minimum absolute atomic E-state index is 0.105. The van der Waals surface area contributed by atoms with Crippen molar-refractivity contribution in [3.05, 3.63) is 34.0 Å². The molecule has 0 saturated carbocycles. The fourth-order valence-corrected chi connectivity index (χ4v) is 3.63. The minimum atomic E-state index is -0.969. The van der Waals surface area contributed by atoms with Crippen LogP contribution in [0, 0.1) is 0 Å². The predicted octanol–water partition coefficient (Wildman–Crippen LogP) is 2.01. The second-order valence-corrected chi connectivity index (χ2v) is 6.83. The van der Waals surface area contributed by atoms with Crippen LogP contribution in [0.2, 0.25) is 0 Å². The van der Waals surface area contributed by atoms with Gasteiger partial charge in [-0.25, -0.2) is 9.78 Å². The van der Waals surface area contributed by atoms with Crippen LogP contribution < -0.4 is 0 Å². The highest BCUT2D eigenvalue weighted by Gasteiger charge is 2.25. The Bertz CT molecular complexity index is 731. The summed E-state index contributed by atoms with van der Waals surface area (Å²) in [6.45, 7) is 3.38. The van der Waals surface area contributed by atoms with E-state index in [1.54, 1.807) is 22.2 Å². The van der Waals surface area contributed by atoms with Crippen LogP contribution in [-0.4, -0.2) is 49.7 Å². The van der Waals surface area contributed by atoms with Gasteiger partial charge in [0, 0.05) is 24.7 Å². The van der Waals surface area contributed by atoms with E-state index in [1.807, 2.05) is 10.3 Å². The van der Waals surface area contributed by atoms with Crippen molar-refractivity contribution in [1.82, 2.24) is 19.7 Å². The maximum Gasteiger partial charge on any atom is 0.338 e. The standard InChI is InChI=1S/C16H20N4O3S/c1-2-14-18-12(10-24-14)7-15(21)19-5-3-13(4-6-19)20-9-11(8-17-20)16(22)23/h8-10,13H,2-7H2,1H3,(H,22,23). The van der Waals surface area contributed by atoms with E-state index in [1.165, 1.54) is 6.20 Å². The Hall–Kier alpha value is -2.22. The average Bonchev–Trinajstić information content (AvgIpc) is 3.24. The van der Waals surface area contributed by atoms with Crippen LogP contribution in [0.5, 0.6) is 0 Å². The number of nitrogens with zero attached hydrogens (tertiary/aromatic N) is 4. The molecule has 1 amide bonds. The lowest BCUT2D eigenvalue weighted by atomic mass is 10.0. The van der Waals surface area contributed by atoms with Crippen molar-refractivity contribution < 1.29 is 14.7 Å². The molecule has 8 heteroatoms. The number of piperidine rings is 1. The van der Waals surface area contributed by atoms with Gasteiger partial charge in [0.05, 0.1) is 34.9 Å². The van der Waals surface area contributed by atoms with E-state index < -0.39 is 5.97 Å². The Morgan fingerprint density at radius 3 is 2.71 bits per heavy atom. The Morgan fingerprint density at radius 1 is 1.38 bits per heavy atom. The molecule has 2 aromatic rings. The second kappa shape index (κ2) is 7.12. The molecule has 3 rings (SSSR count). The number of carboxylic acid groups (broad SMARTS) is 1. The maximum atomic E-state index is 12.4. The van der Waals surface area contributed by atoms with Gasteiger partial charge in [-0.05, 0) is 19.3 Å². The van der Waals surface area contributed by atoms with Crippen molar-refractivity contribution in [3.8, 4) is 0 Å². The molecule has 1 saturated heterocycles. The van der Waals surface area contributed by atoms with Crippen molar-refractivity contribution in [2.24, 2.45) is 0 Å². The van der Waals surface area contributed by atoms with Crippen LogP contribution in [0.25, 0.3) is 0 Å². The van der Waals surface area contributed by atoms with Crippen LogP contribution in [0.15, 0.2) is 17.8 Å². The third-order valence-electron chi connectivity index (χ3n) is 4.27. The molecule has 24 heavy (non-hydrogen) atoms. The van der Waals surface area contributed by atoms with Crippen LogP contribution in [0.4, 0.5) is 0 Å². The van der Waals surface area contributed by atoms with Gasteiger partial charge in [0.25, 0.3) is 0 Å². The summed E-state index contributed by atoms with van der Waals surface area (Å²) in [4.78, 5) is 29.6. The number of aromatic nitrogens is 3. The zero-order valence-corrected chi connectivity index (χ0v) is 14.3. The van der Waals surface area contributed by atoms with E-state index in [-0.39, 0.29) is 17.5 Å². The van der Waals surface area contributed by atoms with Gasteiger partial charge in [-0.1, -0.05) is 6.92 Å². The number of aromatic carboxylic acids is 1. The predicted molar refractivity (Wildman–Crippen MR) is 89.2 cm³/mol. The lowest BCUT2D eigenvalue weighted by Crippen LogP contribution is -2.40. The van der Waals surface area contributed by atoms with Crippen LogP contribution in [0.1, 0.15) is 46.9 Å². The van der Waals surface area contributed by atoms with Crippen molar-refractivity contribution in [2.45, 2.75) is 38.6 Å². The monoisotopic (exact) mass is 348 g/mol. The van der Waals surface area contributed by atoms with Gasteiger partial charge < -0.3 is 10.0 Å². The summed E-state index contributed by atoms with van der Waals surface area (Å²) in [5.41, 5.74) is 1.05. The van der Waals surface area contributed by atoms with Crippen LogP contribution >= 0.6 is 11.3 Å². The normalized spacial score (nSPS) is 15.6. The second-order valence-electron chi connectivity index (χ2n) is 5.89. The summed E-state index contributed by atoms with van der Waals surface area (Å²) in [7, 11) is 0. The third kappa shape index (κ3) is 3.64. The SMILES string of the molecule is CCc1nc(CC(=O)N2CCC(n3cc(C(=O)O)cn3)CC2)cs1. The zero-order valence-electron chi connectivity index (χ0n) is 13.5. The number of carbonyl (C=O) groups is 2. The Labute approximate surface area is 143 Å². The molecular formula is C16H20N4O3S. The van der Waals surface area contributed by atoms with E-state index >= 15 is 0 Å². The van der Waals surface area contributed by atoms with Gasteiger partial charge >= 0.3 is 5.97 Å². The summed E-state index contributed by atoms with van der Waals surface area (Å²) >= 11 is 1.60. The van der Waals surface area contributed by atoms with Gasteiger partial charge in [-0.15, -0.1) is 11.3 Å². The molecule has 1 aliphatic rings. The minimum Gasteiger partial charge on any atom is -0.478 e. The Kier molecular flexibility index (Phi) is 4.94. The molecule has 2 aromatic heterocycles. The first-order chi connectivity index (χ1) is 11.6. The van der Waals surface area contributed by atoms with Crippen molar-refractivity contribution in [3.63, 3.8) is 0 Å². The van der Waals surface area contributed by atoms with Gasteiger partial charge in [-0.2, -0.15) is 5.10 Å². The quantitative estimate of drug-likeness (QED) is 0.893. The highest BCUT2D eigenvalue weighted by atomic mass is 32.1. The van der Waals surface area contributed by atoms with Gasteiger partial charge in [-0.3, -0.25) is 9.48 Å². The summed E-state index contributed by atoms with van der Waals surface area (Å²) in [6, 6.07) is 0.146. The topological polar surface area (TPSA) is 88.3 Å². The third-order valence-corrected chi connectivity index (χ3v) is 5.32. The molecule has 0 atom stereocenters. The van der Waals surface area contributed by atoms with Crippen molar-refractivity contribution >= 4 is 23.2 Å². The van der Waals surface area contributed by atoms with Crippen molar-refractivity contribution in [1.29, 1.82) is 0 Å². The molecule has 0 unspecified atom stereocenters. The number of rotatable bonds is 5. The summed E-state index contributed by atoms with van der Waals surface area (Å²) in [5, 5.41) is 16.1. The van der Waals surface area contributed by atoms with Gasteiger partial charge in [0.1, 0.15) is 0 Å². The van der Waals surface area contributed by atoms with Crippen LogP contribution in [0.3, 0.4) is 0 Å². The molecule has 0 radical (unpaired) electrons. The lowest BCUT2D eigenvalue weighted by Gasteiger charge is -2.32. The number of likely N-dealkylation sites (tertiary alicyclic amines) is 1. The zero-order chi connectivity index (χ0) is 17.1. The van der Waals surface area contributed by atoms with E-state index in [0.717, 1.165) is 30.0 Å². The van der Waals surface area contributed by atoms with Gasteiger partial charge in [0.2, 0.25) is 5.91 Å². The van der Waals surface area contributed by atoms with Gasteiger partial charge in [0.15, 0.2) is 0 Å². The first-order valence-corrected chi connectivity index (χ1v) is 8.93. The fraction of sp³-hybridized carbons (Fsp3) is 0.500. The van der Waals surface area contributed by atoms with E-state index in [0.29, 0.717) is 19.5 Å². The molecule has 1 fully saturated rings. The molecular weight excluding hydrogens is 328 g/mol. The van der Waals surface area contributed by atoms with E-state index in [9.17, 15) is 9.59 Å². The Balaban J connectivity index is 1.54. The van der Waals surface area contributed by atoms with E-state index in [4.69, 9.17) is 5.11 Å². The van der Waals surface area contributed by atoms with E-state index in [2.05, 4.69) is 17.0 Å². The first kappa shape index (κ1) is 16.6. The van der Waals surface area contributed by atoms with Crippen molar-refractivity contribution in [2.75, 3.05) is 13.1 Å². The molecule has 7 nitrogen and oxygen atoms in total. The summed E-state index contributed by atoms with van der Waals surface area (Å²) < 4.78 is 1.71. The summed E-state index contributed by atoms with van der Waals surface area (Å²) in [6.07, 6.45) is 5.74. The first-order valence-electron chi connectivity index (χ1n) is 8.05. The molecule has 0 aliphatic carbocycles. The number of hydrogen-bond donors (Lipinski definition) is 1. The number of thiazole rings is 1. The maximum absolute atomic E-state index is 12.4. The fourth-order valence-electron chi connectivity index (χ4n) is 2.89. The number of amides is 1. The summed E-state index contributed by atoms with van der Waals surface area (Å²) in [5.74, 6) is -0.864. The molecule has 3 heterocycles. The molecule has 0 bridgehead atoms. The Morgan fingerprint density at radius 2 is 2.12 bits per heavy atom. The average molecular weight is 348 g/mol. The lowest BCUT2D eigenvalue weighted by molar-refractivity contribution is -0.131.